The predicted octanol–water partition coefficient (Wildman–Crippen LogP) is 4.94. The standard InChI is InChI=1S/C34H38N6O3/c41-30-21-27-28(10-8-11-29(27)38-34(30)43)37-33(42)12-7-9-26(24-13-15-31(35-22-24)39-17-3-1-4-18-39)25-14-16-32(36-23-25)40-19-5-2-6-20-40/h7-16,22-23,30,41H,1-6,17-21H2,(H,37,42)(H,38,43)/b12-7+. The zero-order valence-corrected chi connectivity index (χ0v) is 24.3. The van der Waals surface area contributed by atoms with Gasteiger partial charge < -0.3 is 25.5 Å². The molecule has 9 nitrogen and oxygen atoms in total. The van der Waals surface area contributed by atoms with Crippen molar-refractivity contribution in [3.05, 3.63) is 89.8 Å². The molecule has 3 aliphatic rings. The van der Waals surface area contributed by atoms with Crippen molar-refractivity contribution in [1.29, 1.82) is 0 Å². The van der Waals surface area contributed by atoms with Crippen molar-refractivity contribution < 1.29 is 14.7 Å². The SMILES string of the molecule is O=C(/C=C/C=C(c1ccc(N2CCCCC2)nc1)c1ccc(N2CCCCC2)nc1)Nc1cccc2c1CC(O)C(=O)N2. The normalized spacial score (nSPS) is 18.6. The van der Waals surface area contributed by atoms with E-state index in [1.54, 1.807) is 24.3 Å². The van der Waals surface area contributed by atoms with Gasteiger partial charge in [-0.05, 0) is 80.5 Å². The van der Waals surface area contributed by atoms with Crippen molar-refractivity contribution in [3.63, 3.8) is 0 Å². The highest BCUT2D eigenvalue weighted by Gasteiger charge is 2.26. The van der Waals surface area contributed by atoms with Crippen molar-refractivity contribution >= 4 is 40.4 Å². The Hall–Kier alpha value is -4.50. The van der Waals surface area contributed by atoms with Gasteiger partial charge in [-0.2, -0.15) is 0 Å². The minimum absolute atomic E-state index is 0.145. The molecule has 1 aromatic carbocycles. The number of aliphatic hydroxyl groups is 1. The molecule has 9 heteroatoms. The number of piperidine rings is 2. The van der Waals surface area contributed by atoms with E-state index in [0.717, 1.165) is 54.5 Å². The molecule has 0 bridgehead atoms. The number of fused-ring (bicyclic) bond motifs is 1. The van der Waals surface area contributed by atoms with E-state index in [2.05, 4.69) is 44.7 Å². The van der Waals surface area contributed by atoms with E-state index in [1.165, 1.54) is 44.6 Å². The molecule has 6 rings (SSSR count). The number of benzene rings is 1. The number of nitrogens with zero attached hydrogens (tertiary/aromatic N) is 4. The Morgan fingerprint density at radius 2 is 1.47 bits per heavy atom. The lowest BCUT2D eigenvalue weighted by atomic mass is 9.99. The summed E-state index contributed by atoms with van der Waals surface area (Å²) in [7, 11) is 0. The Morgan fingerprint density at radius 3 is 2.02 bits per heavy atom. The van der Waals surface area contributed by atoms with Crippen molar-refractivity contribution in [1.82, 2.24) is 9.97 Å². The molecule has 43 heavy (non-hydrogen) atoms. The monoisotopic (exact) mass is 578 g/mol. The van der Waals surface area contributed by atoms with Gasteiger partial charge in [0.2, 0.25) is 5.91 Å². The van der Waals surface area contributed by atoms with Gasteiger partial charge in [-0.3, -0.25) is 9.59 Å². The van der Waals surface area contributed by atoms with Crippen LogP contribution in [0.3, 0.4) is 0 Å². The van der Waals surface area contributed by atoms with Gasteiger partial charge in [-0.25, -0.2) is 9.97 Å². The maximum atomic E-state index is 12.9. The summed E-state index contributed by atoms with van der Waals surface area (Å²) < 4.78 is 0. The third-order valence-electron chi connectivity index (χ3n) is 8.38. The van der Waals surface area contributed by atoms with E-state index in [-0.39, 0.29) is 12.3 Å². The van der Waals surface area contributed by atoms with Gasteiger partial charge in [0, 0.05) is 79.1 Å². The second-order valence-electron chi connectivity index (χ2n) is 11.4. The number of carbonyl (C=O) groups is 2. The lowest BCUT2D eigenvalue weighted by molar-refractivity contribution is -0.124. The Labute approximate surface area is 252 Å². The fourth-order valence-electron chi connectivity index (χ4n) is 6.02. The number of pyridine rings is 2. The fourth-order valence-corrected chi connectivity index (χ4v) is 6.02. The van der Waals surface area contributed by atoms with Crippen LogP contribution in [0.15, 0.2) is 73.1 Å². The second kappa shape index (κ2) is 13.2. The minimum Gasteiger partial charge on any atom is -0.383 e. The zero-order chi connectivity index (χ0) is 29.6. The molecule has 0 spiro atoms. The maximum absolute atomic E-state index is 12.9. The molecule has 2 saturated heterocycles. The van der Waals surface area contributed by atoms with E-state index in [1.807, 2.05) is 18.5 Å². The highest BCUT2D eigenvalue weighted by molar-refractivity contribution is 6.03. The number of allylic oxidation sites excluding steroid dienone is 2. The number of anilines is 4. The Kier molecular flexibility index (Phi) is 8.79. The maximum Gasteiger partial charge on any atom is 0.253 e. The van der Waals surface area contributed by atoms with Gasteiger partial charge in [-0.15, -0.1) is 0 Å². The average molecular weight is 579 g/mol. The van der Waals surface area contributed by atoms with Crippen molar-refractivity contribution in [3.8, 4) is 0 Å². The van der Waals surface area contributed by atoms with Gasteiger partial charge in [0.15, 0.2) is 0 Å². The Bertz CT molecular complexity index is 1440. The summed E-state index contributed by atoms with van der Waals surface area (Å²) in [5.41, 5.74) is 4.67. The molecule has 2 aromatic heterocycles. The van der Waals surface area contributed by atoms with Crippen LogP contribution >= 0.6 is 0 Å². The van der Waals surface area contributed by atoms with Crippen LogP contribution in [-0.2, 0) is 16.0 Å². The number of amides is 2. The molecular formula is C34H38N6O3. The summed E-state index contributed by atoms with van der Waals surface area (Å²) in [5, 5.41) is 15.6. The second-order valence-corrected chi connectivity index (χ2v) is 11.4. The lowest BCUT2D eigenvalue weighted by Gasteiger charge is -2.28. The summed E-state index contributed by atoms with van der Waals surface area (Å²) in [6, 6.07) is 13.6. The van der Waals surface area contributed by atoms with Crippen molar-refractivity contribution in [2.45, 2.75) is 51.0 Å². The van der Waals surface area contributed by atoms with Gasteiger partial charge in [0.05, 0.1) is 0 Å². The number of aromatic nitrogens is 2. The number of hydrogen-bond acceptors (Lipinski definition) is 7. The molecule has 3 N–H and O–H groups in total. The van der Waals surface area contributed by atoms with E-state index in [0.29, 0.717) is 16.9 Å². The Balaban J connectivity index is 1.23. The van der Waals surface area contributed by atoms with Crippen LogP contribution in [0, 0.1) is 0 Å². The van der Waals surface area contributed by atoms with Crippen LogP contribution in [-0.4, -0.2) is 59.2 Å². The molecule has 2 fully saturated rings. The first-order valence-electron chi connectivity index (χ1n) is 15.3. The Morgan fingerprint density at radius 1 is 0.860 bits per heavy atom. The van der Waals surface area contributed by atoms with Crippen LogP contribution in [0.1, 0.15) is 55.2 Å². The molecule has 0 saturated carbocycles. The van der Waals surface area contributed by atoms with E-state index >= 15 is 0 Å². The highest BCUT2D eigenvalue weighted by Crippen LogP contribution is 2.30. The van der Waals surface area contributed by atoms with Gasteiger partial charge >= 0.3 is 0 Å². The number of hydrogen-bond donors (Lipinski definition) is 3. The van der Waals surface area contributed by atoms with Crippen molar-refractivity contribution in [2.24, 2.45) is 0 Å². The number of aliphatic hydroxyl groups excluding tert-OH is 1. The van der Waals surface area contributed by atoms with Crippen molar-refractivity contribution in [2.75, 3.05) is 46.6 Å². The van der Waals surface area contributed by atoms with Crippen LogP contribution in [0.4, 0.5) is 23.0 Å². The third kappa shape index (κ3) is 6.78. The zero-order valence-electron chi connectivity index (χ0n) is 24.3. The number of nitrogens with one attached hydrogen (secondary N) is 2. The van der Waals surface area contributed by atoms with E-state index < -0.39 is 12.0 Å². The minimum atomic E-state index is -1.14. The molecule has 3 aliphatic heterocycles. The van der Waals surface area contributed by atoms with Crippen LogP contribution < -0.4 is 20.4 Å². The molecule has 3 aromatic rings. The molecule has 0 aliphatic carbocycles. The summed E-state index contributed by atoms with van der Waals surface area (Å²) in [4.78, 5) is 39.0. The first-order chi connectivity index (χ1) is 21.0. The summed E-state index contributed by atoms with van der Waals surface area (Å²) in [5.74, 6) is 1.23. The van der Waals surface area contributed by atoms with Crippen LogP contribution in [0.2, 0.25) is 0 Å². The summed E-state index contributed by atoms with van der Waals surface area (Å²) in [6.45, 7) is 4.13. The molecular weight excluding hydrogens is 540 g/mol. The molecule has 5 heterocycles. The first kappa shape index (κ1) is 28.6. The van der Waals surface area contributed by atoms with Crippen LogP contribution in [0.25, 0.3) is 5.57 Å². The lowest BCUT2D eigenvalue weighted by Crippen LogP contribution is -2.34. The summed E-state index contributed by atoms with van der Waals surface area (Å²) in [6.07, 6.45) is 15.2. The summed E-state index contributed by atoms with van der Waals surface area (Å²) >= 11 is 0. The highest BCUT2D eigenvalue weighted by atomic mass is 16.3. The molecule has 1 atom stereocenters. The van der Waals surface area contributed by atoms with Gasteiger partial charge in [0.1, 0.15) is 17.7 Å². The fraction of sp³-hybridized carbons (Fsp3) is 0.353. The molecule has 1 unspecified atom stereocenters. The predicted molar refractivity (Wildman–Crippen MR) is 170 cm³/mol. The van der Waals surface area contributed by atoms with E-state index in [9.17, 15) is 14.7 Å². The van der Waals surface area contributed by atoms with Gasteiger partial charge in [-0.1, -0.05) is 18.2 Å². The molecule has 222 valence electrons. The smallest absolute Gasteiger partial charge is 0.253 e. The van der Waals surface area contributed by atoms with Crippen LogP contribution in [0.5, 0.6) is 0 Å². The average Bonchev–Trinajstić information content (AvgIpc) is 3.05. The topological polar surface area (TPSA) is 111 Å². The van der Waals surface area contributed by atoms with Gasteiger partial charge in [0.25, 0.3) is 5.91 Å². The molecule has 0 radical (unpaired) electrons. The quantitative estimate of drug-likeness (QED) is 0.269. The third-order valence-corrected chi connectivity index (χ3v) is 8.38. The first-order valence-corrected chi connectivity index (χ1v) is 15.3. The molecule has 2 amide bonds. The largest absolute Gasteiger partial charge is 0.383 e. The van der Waals surface area contributed by atoms with E-state index in [4.69, 9.17) is 9.97 Å². The number of carbonyl (C=O) groups excluding carboxylic acids is 2. The number of rotatable bonds is 7.